The standard InChI is InChI=1S/C24H21ClN4O2/c25-19-5-1-4-8-22(19)31-16-24(30)26-17-9-11-18(12-10-17)28-13-14-29-21-7-3-2-6-20(21)27-23(29)15-28/h1-12H,13-16H2,(H,26,30). The number of nitrogens with zero attached hydrogens (tertiary/aromatic N) is 3. The van der Waals surface area contributed by atoms with Gasteiger partial charge in [0.1, 0.15) is 11.6 Å². The predicted molar refractivity (Wildman–Crippen MR) is 123 cm³/mol. The van der Waals surface area contributed by atoms with Crippen molar-refractivity contribution in [2.45, 2.75) is 13.1 Å². The SMILES string of the molecule is O=C(COc1ccccc1Cl)Nc1ccc(N2CCn3c(nc4ccccc43)C2)cc1. The maximum absolute atomic E-state index is 12.2. The van der Waals surface area contributed by atoms with Crippen LogP contribution >= 0.6 is 11.6 Å². The van der Waals surface area contributed by atoms with Crippen LogP contribution in [0, 0.1) is 0 Å². The number of amides is 1. The normalized spacial score (nSPS) is 13.1. The molecule has 5 rings (SSSR count). The molecule has 0 saturated heterocycles. The van der Waals surface area contributed by atoms with Crippen LogP contribution in [0.5, 0.6) is 5.75 Å². The van der Waals surface area contributed by atoms with Crippen molar-refractivity contribution in [1.82, 2.24) is 9.55 Å². The number of para-hydroxylation sites is 3. The molecular weight excluding hydrogens is 412 g/mol. The predicted octanol–water partition coefficient (Wildman–Crippen LogP) is 4.73. The number of fused-ring (bicyclic) bond motifs is 3. The van der Waals surface area contributed by atoms with E-state index in [0.717, 1.165) is 42.4 Å². The molecule has 6 nitrogen and oxygen atoms in total. The molecule has 0 fully saturated rings. The van der Waals surface area contributed by atoms with Crippen molar-refractivity contribution >= 4 is 39.9 Å². The largest absolute Gasteiger partial charge is 0.482 e. The van der Waals surface area contributed by atoms with Crippen molar-refractivity contribution in [2.24, 2.45) is 0 Å². The summed E-state index contributed by atoms with van der Waals surface area (Å²) < 4.78 is 7.78. The lowest BCUT2D eigenvalue weighted by Gasteiger charge is -2.30. The second-order valence-electron chi connectivity index (χ2n) is 7.40. The molecule has 1 N–H and O–H groups in total. The van der Waals surface area contributed by atoms with E-state index in [2.05, 4.69) is 33.0 Å². The number of hydrogen-bond acceptors (Lipinski definition) is 4. The van der Waals surface area contributed by atoms with E-state index >= 15 is 0 Å². The molecule has 1 amide bonds. The number of hydrogen-bond donors (Lipinski definition) is 1. The van der Waals surface area contributed by atoms with Gasteiger partial charge in [0.25, 0.3) is 5.91 Å². The van der Waals surface area contributed by atoms with Crippen LogP contribution in [-0.4, -0.2) is 28.6 Å². The Hall–Kier alpha value is -3.51. The van der Waals surface area contributed by atoms with Crippen molar-refractivity contribution in [3.05, 3.63) is 83.6 Å². The fourth-order valence-corrected chi connectivity index (χ4v) is 4.03. The second kappa shape index (κ2) is 8.32. The highest BCUT2D eigenvalue weighted by Crippen LogP contribution is 2.26. The summed E-state index contributed by atoms with van der Waals surface area (Å²) in [5, 5.41) is 3.33. The first kappa shape index (κ1) is 19.5. The lowest BCUT2D eigenvalue weighted by molar-refractivity contribution is -0.118. The number of benzene rings is 3. The van der Waals surface area contributed by atoms with Crippen LogP contribution in [0.4, 0.5) is 11.4 Å². The average Bonchev–Trinajstić information content (AvgIpc) is 3.17. The minimum atomic E-state index is -0.237. The summed E-state index contributed by atoms with van der Waals surface area (Å²) in [5.74, 6) is 1.33. The molecule has 0 bridgehead atoms. The molecule has 1 aliphatic heterocycles. The van der Waals surface area contributed by atoms with Gasteiger partial charge in [-0.1, -0.05) is 35.9 Å². The molecule has 31 heavy (non-hydrogen) atoms. The first-order valence-electron chi connectivity index (χ1n) is 10.1. The lowest BCUT2D eigenvalue weighted by atomic mass is 10.2. The average molecular weight is 433 g/mol. The van der Waals surface area contributed by atoms with Crippen LogP contribution in [0.15, 0.2) is 72.8 Å². The van der Waals surface area contributed by atoms with Gasteiger partial charge in [0, 0.05) is 24.5 Å². The van der Waals surface area contributed by atoms with E-state index in [9.17, 15) is 4.79 Å². The molecule has 0 radical (unpaired) electrons. The third-order valence-corrected chi connectivity index (χ3v) is 5.68. The van der Waals surface area contributed by atoms with Crippen molar-refractivity contribution in [3.8, 4) is 5.75 Å². The molecule has 0 saturated carbocycles. The molecular formula is C24H21ClN4O2. The highest BCUT2D eigenvalue weighted by Gasteiger charge is 2.20. The first-order chi connectivity index (χ1) is 15.2. The van der Waals surface area contributed by atoms with E-state index < -0.39 is 0 Å². The van der Waals surface area contributed by atoms with Gasteiger partial charge in [0.2, 0.25) is 0 Å². The van der Waals surface area contributed by atoms with Gasteiger partial charge in [0.05, 0.1) is 22.6 Å². The van der Waals surface area contributed by atoms with Crippen LogP contribution < -0.4 is 15.0 Å². The van der Waals surface area contributed by atoms with Gasteiger partial charge in [-0.05, 0) is 48.5 Å². The zero-order valence-electron chi connectivity index (χ0n) is 16.8. The minimum Gasteiger partial charge on any atom is -0.482 e. The van der Waals surface area contributed by atoms with E-state index in [0.29, 0.717) is 10.8 Å². The van der Waals surface area contributed by atoms with Gasteiger partial charge < -0.3 is 19.5 Å². The summed E-state index contributed by atoms with van der Waals surface area (Å²) in [6, 6.07) is 23.2. The minimum absolute atomic E-state index is 0.103. The van der Waals surface area contributed by atoms with Gasteiger partial charge in [-0.3, -0.25) is 4.79 Å². The van der Waals surface area contributed by atoms with E-state index in [1.54, 1.807) is 12.1 Å². The number of halogens is 1. The topological polar surface area (TPSA) is 59.4 Å². The first-order valence-corrected chi connectivity index (χ1v) is 10.5. The molecule has 0 atom stereocenters. The van der Waals surface area contributed by atoms with Gasteiger partial charge >= 0.3 is 0 Å². The summed E-state index contributed by atoms with van der Waals surface area (Å²) in [6.45, 7) is 2.46. The molecule has 7 heteroatoms. The fourth-order valence-electron chi connectivity index (χ4n) is 3.84. The van der Waals surface area contributed by atoms with Crippen LogP contribution in [0.1, 0.15) is 5.82 Å². The summed E-state index contributed by atoms with van der Waals surface area (Å²) in [4.78, 5) is 19.3. The van der Waals surface area contributed by atoms with E-state index in [1.807, 2.05) is 42.5 Å². The number of carbonyl (C=O) groups is 1. The van der Waals surface area contributed by atoms with Crippen molar-refractivity contribution in [3.63, 3.8) is 0 Å². The number of rotatable bonds is 5. The Morgan fingerprint density at radius 2 is 1.77 bits per heavy atom. The maximum Gasteiger partial charge on any atom is 0.262 e. The van der Waals surface area contributed by atoms with E-state index in [-0.39, 0.29) is 12.5 Å². The molecule has 1 aromatic heterocycles. The molecule has 0 aliphatic carbocycles. The smallest absolute Gasteiger partial charge is 0.262 e. The Labute approximate surface area is 185 Å². The highest BCUT2D eigenvalue weighted by atomic mass is 35.5. The molecule has 3 aromatic carbocycles. The van der Waals surface area contributed by atoms with E-state index in [4.69, 9.17) is 21.3 Å². The fraction of sp³-hybridized carbons (Fsp3) is 0.167. The van der Waals surface area contributed by atoms with Crippen LogP contribution in [0.2, 0.25) is 5.02 Å². The maximum atomic E-state index is 12.2. The Morgan fingerprint density at radius 1 is 1.00 bits per heavy atom. The number of imidazole rings is 1. The zero-order chi connectivity index (χ0) is 21.2. The number of ether oxygens (including phenoxy) is 1. The second-order valence-corrected chi connectivity index (χ2v) is 7.81. The molecule has 2 heterocycles. The van der Waals surface area contributed by atoms with E-state index in [1.165, 1.54) is 5.52 Å². The summed E-state index contributed by atoms with van der Waals surface area (Å²) >= 11 is 6.05. The van der Waals surface area contributed by atoms with Crippen LogP contribution in [-0.2, 0) is 17.9 Å². The quantitative estimate of drug-likeness (QED) is 0.495. The third-order valence-electron chi connectivity index (χ3n) is 5.37. The zero-order valence-corrected chi connectivity index (χ0v) is 17.5. The molecule has 0 spiro atoms. The Morgan fingerprint density at radius 3 is 2.61 bits per heavy atom. The van der Waals surface area contributed by atoms with Crippen molar-refractivity contribution < 1.29 is 9.53 Å². The van der Waals surface area contributed by atoms with Gasteiger partial charge in [-0.2, -0.15) is 0 Å². The molecule has 156 valence electrons. The monoisotopic (exact) mass is 432 g/mol. The number of nitrogens with one attached hydrogen (secondary N) is 1. The third kappa shape index (κ3) is 4.07. The van der Waals surface area contributed by atoms with Gasteiger partial charge in [0.15, 0.2) is 6.61 Å². The molecule has 4 aromatic rings. The summed E-state index contributed by atoms with van der Waals surface area (Å²) in [6.07, 6.45) is 0. The van der Waals surface area contributed by atoms with Crippen molar-refractivity contribution in [2.75, 3.05) is 23.4 Å². The van der Waals surface area contributed by atoms with Crippen LogP contribution in [0.3, 0.4) is 0 Å². The lowest BCUT2D eigenvalue weighted by Crippen LogP contribution is -2.33. The summed E-state index contributed by atoms with van der Waals surface area (Å²) in [5.41, 5.74) is 4.05. The molecule has 1 aliphatic rings. The number of carbonyl (C=O) groups excluding carboxylic acids is 1. The Bertz CT molecular complexity index is 1240. The highest BCUT2D eigenvalue weighted by molar-refractivity contribution is 6.32. The van der Waals surface area contributed by atoms with Crippen LogP contribution in [0.25, 0.3) is 11.0 Å². The number of aromatic nitrogens is 2. The number of anilines is 2. The van der Waals surface area contributed by atoms with Gasteiger partial charge in [-0.25, -0.2) is 4.98 Å². The van der Waals surface area contributed by atoms with Gasteiger partial charge in [-0.15, -0.1) is 0 Å². The Kier molecular flexibility index (Phi) is 5.22. The molecule has 0 unspecified atom stereocenters. The van der Waals surface area contributed by atoms with Crippen molar-refractivity contribution in [1.29, 1.82) is 0 Å². The summed E-state index contributed by atoms with van der Waals surface area (Å²) in [7, 11) is 0. The Balaban J connectivity index is 1.21.